The summed E-state index contributed by atoms with van der Waals surface area (Å²) in [4.78, 5) is 40.5. The summed E-state index contributed by atoms with van der Waals surface area (Å²) in [5, 5.41) is 9.01. The van der Waals surface area contributed by atoms with Gasteiger partial charge in [0.15, 0.2) is 5.78 Å². The lowest BCUT2D eigenvalue weighted by atomic mass is 9.81. The van der Waals surface area contributed by atoms with Crippen LogP contribution in [-0.2, 0) is 31.8 Å². The van der Waals surface area contributed by atoms with Crippen LogP contribution in [0.1, 0.15) is 34.6 Å². The highest BCUT2D eigenvalue weighted by Gasteiger charge is 2.33. The molecule has 0 radical (unpaired) electrons. The number of hydrogen-bond donors (Lipinski definition) is 3. The molecule has 1 fully saturated rings. The number of nitrogens with zero attached hydrogens (tertiary/aromatic N) is 1. The van der Waals surface area contributed by atoms with Crippen LogP contribution in [0.25, 0.3) is 0 Å². The highest BCUT2D eigenvalue weighted by molar-refractivity contribution is 5.91. The van der Waals surface area contributed by atoms with Crippen LogP contribution in [-0.4, -0.2) is 95.1 Å². The number of aryl methyl sites for hydroxylation is 1. The van der Waals surface area contributed by atoms with Crippen molar-refractivity contribution in [1.82, 2.24) is 20.9 Å². The first-order chi connectivity index (χ1) is 22.3. The van der Waals surface area contributed by atoms with E-state index in [-0.39, 0.29) is 31.0 Å². The third kappa shape index (κ3) is 10.7. The van der Waals surface area contributed by atoms with Gasteiger partial charge in [0.1, 0.15) is 12.6 Å². The second-order valence-corrected chi connectivity index (χ2v) is 11.8. The molecule has 1 aliphatic rings. The van der Waals surface area contributed by atoms with Gasteiger partial charge in [0.05, 0.1) is 25.9 Å². The normalized spacial score (nSPS) is 16.9. The summed E-state index contributed by atoms with van der Waals surface area (Å²) in [7, 11) is 5.19. The van der Waals surface area contributed by atoms with Gasteiger partial charge in [0.25, 0.3) is 0 Å². The lowest BCUT2D eigenvalue weighted by molar-refractivity contribution is -0.120. The van der Waals surface area contributed by atoms with Crippen LogP contribution in [0.4, 0.5) is 9.59 Å². The number of ether oxygens (including phenoxy) is 3. The van der Waals surface area contributed by atoms with Crippen molar-refractivity contribution in [1.29, 1.82) is 0 Å². The van der Waals surface area contributed by atoms with Crippen molar-refractivity contribution in [3.63, 3.8) is 0 Å². The summed E-state index contributed by atoms with van der Waals surface area (Å²) in [6.07, 6.45) is 0.543. The van der Waals surface area contributed by atoms with E-state index in [0.29, 0.717) is 19.7 Å². The molecule has 0 aliphatic carbocycles. The summed E-state index contributed by atoms with van der Waals surface area (Å²) in [5.74, 6) is -0.511. The molecule has 0 aromatic heterocycles. The number of alkyl carbamates (subject to hydrolysis) is 2. The summed E-state index contributed by atoms with van der Waals surface area (Å²) in [6, 6.07) is 26.5. The van der Waals surface area contributed by atoms with E-state index >= 15 is 0 Å². The second-order valence-electron chi connectivity index (χ2n) is 11.8. The van der Waals surface area contributed by atoms with E-state index in [1.165, 1.54) is 7.11 Å². The van der Waals surface area contributed by atoms with Gasteiger partial charge in [-0.1, -0.05) is 84.9 Å². The zero-order valence-electron chi connectivity index (χ0n) is 26.9. The third-order valence-electron chi connectivity index (χ3n) is 8.09. The molecule has 4 rings (SSSR count). The van der Waals surface area contributed by atoms with Crippen LogP contribution in [0.3, 0.4) is 0 Å². The Bertz CT molecular complexity index is 1340. The van der Waals surface area contributed by atoms with Gasteiger partial charge in [-0.15, -0.1) is 0 Å². The molecule has 0 unspecified atom stereocenters. The van der Waals surface area contributed by atoms with Gasteiger partial charge in [0, 0.05) is 32.0 Å². The topological polar surface area (TPSA) is 118 Å². The number of nitrogens with one attached hydrogen (secondary N) is 3. The number of morpholine rings is 1. The van der Waals surface area contributed by atoms with E-state index in [9.17, 15) is 14.4 Å². The maximum atomic E-state index is 14.1. The lowest BCUT2D eigenvalue weighted by Crippen LogP contribution is -2.49. The number of Topliss-reactive ketones (excluding diaryl/α,β-unsaturated/α-hetero) is 1. The Kier molecular flexibility index (Phi) is 13.6. The molecule has 246 valence electrons. The molecule has 10 heteroatoms. The minimum absolute atomic E-state index is 0.0109. The number of carbonyl (C=O) groups is 3. The minimum Gasteiger partial charge on any atom is -0.453 e. The predicted octanol–water partition coefficient (Wildman–Crippen LogP) is 3.93. The maximum absolute atomic E-state index is 14.1. The number of benzene rings is 3. The number of methoxy groups -OCH3 is 1. The molecule has 1 heterocycles. The van der Waals surface area contributed by atoms with E-state index in [4.69, 9.17) is 14.2 Å². The molecule has 0 spiro atoms. The molecule has 1 saturated heterocycles. The number of likely N-dealkylation sites (N-methyl/N-ethyl adjacent to an activating group) is 1. The Morgan fingerprint density at radius 3 is 2.13 bits per heavy atom. The van der Waals surface area contributed by atoms with E-state index < -0.39 is 24.1 Å². The molecular formula is C36H46N4O6. The van der Waals surface area contributed by atoms with Crippen molar-refractivity contribution >= 4 is 18.0 Å². The first-order valence-corrected chi connectivity index (χ1v) is 15.8. The average molecular weight is 631 g/mol. The standard InChI is InChI=1S/C36H46N4O6/c1-40(2)21-20-37-35(42)46-25-30-24-45-31(23-38-30)19-18-26-12-10-11-17-29(26)22-32(41)34(39-36(43)44-3)33(27-13-6-4-7-14-27)28-15-8-5-9-16-28/h4-17,30-31,33-34,38H,18-25H2,1-3H3,(H,37,42)(H,39,43)/t30-,31+,34+/m0/s1. The van der Waals surface area contributed by atoms with Crippen molar-refractivity contribution in [2.24, 2.45) is 0 Å². The molecule has 10 nitrogen and oxygen atoms in total. The molecule has 3 aromatic rings. The van der Waals surface area contributed by atoms with Gasteiger partial charge in [-0.05, 0) is 49.2 Å². The number of amides is 2. The maximum Gasteiger partial charge on any atom is 0.407 e. The quantitative estimate of drug-likeness (QED) is 0.231. The summed E-state index contributed by atoms with van der Waals surface area (Å²) < 4.78 is 16.4. The molecule has 3 aromatic carbocycles. The Morgan fingerprint density at radius 1 is 0.913 bits per heavy atom. The fourth-order valence-electron chi connectivity index (χ4n) is 5.59. The number of carbonyl (C=O) groups excluding carboxylic acids is 3. The van der Waals surface area contributed by atoms with Gasteiger partial charge in [0.2, 0.25) is 0 Å². The van der Waals surface area contributed by atoms with Crippen LogP contribution in [0.15, 0.2) is 84.9 Å². The first kappa shape index (κ1) is 34.6. The largest absolute Gasteiger partial charge is 0.453 e. The molecular weight excluding hydrogens is 584 g/mol. The highest BCUT2D eigenvalue weighted by atomic mass is 16.6. The fourth-order valence-corrected chi connectivity index (χ4v) is 5.59. The van der Waals surface area contributed by atoms with Gasteiger partial charge < -0.3 is 35.1 Å². The Morgan fingerprint density at radius 2 is 1.54 bits per heavy atom. The van der Waals surface area contributed by atoms with E-state index in [0.717, 1.165) is 41.6 Å². The van der Waals surface area contributed by atoms with Gasteiger partial charge >= 0.3 is 12.2 Å². The smallest absolute Gasteiger partial charge is 0.407 e. The van der Waals surface area contributed by atoms with Crippen molar-refractivity contribution in [3.05, 3.63) is 107 Å². The molecule has 46 heavy (non-hydrogen) atoms. The van der Waals surface area contributed by atoms with Gasteiger partial charge in [-0.2, -0.15) is 0 Å². The van der Waals surface area contributed by atoms with Crippen molar-refractivity contribution in [3.8, 4) is 0 Å². The van der Waals surface area contributed by atoms with E-state index in [2.05, 4.69) is 16.0 Å². The van der Waals surface area contributed by atoms with E-state index in [1.807, 2.05) is 104 Å². The fraction of sp³-hybridized carbons (Fsp3) is 0.417. The molecule has 3 N–H and O–H groups in total. The SMILES string of the molecule is COC(=O)N[C@H](C(=O)Cc1ccccc1CC[C@@H]1CN[C@H](COC(=O)NCCN(C)C)CO1)C(c1ccccc1)c1ccccc1. The van der Waals surface area contributed by atoms with E-state index in [1.54, 1.807) is 0 Å². The molecule has 1 aliphatic heterocycles. The number of hydrogen-bond acceptors (Lipinski definition) is 8. The molecule has 0 saturated carbocycles. The predicted molar refractivity (Wildman–Crippen MR) is 177 cm³/mol. The molecule has 3 atom stereocenters. The van der Waals surface area contributed by atoms with Crippen LogP contribution >= 0.6 is 0 Å². The zero-order chi connectivity index (χ0) is 32.7. The van der Waals surface area contributed by atoms with Crippen LogP contribution in [0, 0.1) is 0 Å². The van der Waals surface area contributed by atoms with Crippen molar-refractivity contribution < 1.29 is 28.6 Å². The van der Waals surface area contributed by atoms with Gasteiger partial charge in [-0.25, -0.2) is 9.59 Å². The van der Waals surface area contributed by atoms with Crippen LogP contribution < -0.4 is 16.0 Å². The summed E-state index contributed by atoms with van der Waals surface area (Å²) >= 11 is 0. The highest BCUT2D eigenvalue weighted by Crippen LogP contribution is 2.30. The first-order valence-electron chi connectivity index (χ1n) is 15.8. The zero-order valence-corrected chi connectivity index (χ0v) is 26.9. The van der Waals surface area contributed by atoms with Gasteiger partial charge in [-0.3, -0.25) is 4.79 Å². The van der Waals surface area contributed by atoms with Crippen LogP contribution in [0.2, 0.25) is 0 Å². The Hall–Kier alpha value is -4.25. The molecule has 2 amide bonds. The second kappa shape index (κ2) is 18.0. The van der Waals surface area contributed by atoms with Crippen molar-refractivity contribution in [2.75, 3.05) is 54.1 Å². The Balaban J connectivity index is 1.37. The number of ketones is 1. The van der Waals surface area contributed by atoms with Crippen molar-refractivity contribution in [2.45, 2.75) is 43.4 Å². The monoisotopic (exact) mass is 630 g/mol. The minimum atomic E-state index is -0.842. The lowest BCUT2D eigenvalue weighted by Gasteiger charge is -2.30. The summed E-state index contributed by atoms with van der Waals surface area (Å²) in [5.41, 5.74) is 3.83. The Labute approximate surface area is 271 Å². The molecule has 0 bridgehead atoms. The third-order valence-corrected chi connectivity index (χ3v) is 8.09. The average Bonchev–Trinajstić information content (AvgIpc) is 3.07. The number of rotatable bonds is 15. The van der Waals surface area contributed by atoms with Crippen LogP contribution in [0.5, 0.6) is 0 Å². The summed E-state index contributed by atoms with van der Waals surface area (Å²) in [6.45, 7) is 2.58.